The summed E-state index contributed by atoms with van der Waals surface area (Å²) >= 11 is 3.30. The molecule has 0 aliphatic heterocycles. The van der Waals surface area contributed by atoms with Crippen LogP contribution >= 0.6 is 15.9 Å². The number of rotatable bonds is 8. The largest absolute Gasteiger partial charge is 0.416 e. The maximum Gasteiger partial charge on any atom is 0.416 e. The molecule has 0 radical (unpaired) electrons. The quantitative estimate of drug-likeness (QED) is 0.509. The minimum atomic E-state index is -4.31. The molecule has 21 heavy (non-hydrogen) atoms. The number of alkyl halides is 3. The summed E-state index contributed by atoms with van der Waals surface area (Å²) in [4.78, 5) is 0. The summed E-state index contributed by atoms with van der Waals surface area (Å²) in [5.74, 6) is 0. The lowest BCUT2D eigenvalue weighted by molar-refractivity contribution is -0.137. The molecule has 1 aromatic carbocycles. The van der Waals surface area contributed by atoms with Gasteiger partial charge in [-0.3, -0.25) is 0 Å². The molecule has 0 amide bonds. The Morgan fingerprint density at radius 3 is 2.43 bits per heavy atom. The van der Waals surface area contributed by atoms with Gasteiger partial charge in [0.15, 0.2) is 0 Å². The van der Waals surface area contributed by atoms with Crippen LogP contribution in [0.3, 0.4) is 0 Å². The fourth-order valence-electron chi connectivity index (χ4n) is 2.20. The zero-order valence-corrected chi connectivity index (χ0v) is 14.1. The minimum Gasteiger partial charge on any atom is -0.382 e. The fraction of sp³-hybridized carbons (Fsp3) is 0.625. The van der Waals surface area contributed by atoms with Crippen molar-refractivity contribution in [3.05, 3.63) is 28.2 Å². The lowest BCUT2D eigenvalue weighted by atomic mass is 10.1. The van der Waals surface area contributed by atoms with Gasteiger partial charge < -0.3 is 5.32 Å². The molecule has 0 aliphatic rings. The van der Waals surface area contributed by atoms with Crippen LogP contribution in [0, 0.1) is 0 Å². The Kier molecular flexibility index (Phi) is 7.57. The van der Waals surface area contributed by atoms with E-state index in [-0.39, 0.29) is 6.04 Å². The van der Waals surface area contributed by atoms with Crippen LogP contribution in [0.15, 0.2) is 22.7 Å². The summed E-state index contributed by atoms with van der Waals surface area (Å²) in [7, 11) is 0. The predicted molar refractivity (Wildman–Crippen MR) is 85.6 cm³/mol. The van der Waals surface area contributed by atoms with Gasteiger partial charge in [-0.15, -0.1) is 0 Å². The topological polar surface area (TPSA) is 12.0 Å². The van der Waals surface area contributed by atoms with Gasteiger partial charge in [0.1, 0.15) is 0 Å². The Morgan fingerprint density at radius 1 is 1.14 bits per heavy atom. The summed E-state index contributed by atoms with van der Waals surface area (Å²) in [5.41, 5.74) is -0.116. The van der Waals surface area contributed by atoms with Crippen molar-refractivity contribution in [2.24, 2.45) is 0 Å². The Hall–Kier alpha value is -0.710. The van der Waals surface area contributed by atoms with Gasteiger partial charge in [-0.2, -0.15) is 13.2 Å². The Balaban J connectivity index is 2.53. The maximum absolute atomic E-state index is 12.7. The highest BCUT2D eigenvalue weighted by Gasteiger charge is 2.30. The second kappa shape index (κ2) is 8.66. The van der Waals surface area contributed by atoms with E-state index in [1.165, 1.54) is 31.7 Å². The molecule has 1 atom stereocenters. The number of halogens is 4. The van der Waals surface area contributed by atoms with E-state index in [1.54, 1.807) is 0 Å². The minimum absolute atomic E-state index is 0.159. The van der Waals surface area contributed by atoms with Crippen molar-refractivity contribution in [1.29, 1.82) is 0 Å². The second-order valence-corrected chi connectivity index (χ2v) is 6.29. The number of anilines is 1. The van der Waals surface area contributed by atoms with Crippen LogP contribution in [0.25, 0.3) is 0 Å². The van der Waals surface area contributed by atoms with E-state index < -0.39 is 11.7 Å². The van der Waals surface area contributed by atoms with Gasteiger partial charge in [-0.05, 0) is 47.5 Å². The van der Waals surface area contributed by atoms with Gasteiger partial charge in [-0.25, -0.2) is 0 Å². The molecule has 0 aliphatic carbocycles. The van der Waals surface area contributed by atoms with E-state index in [0.29, 0.717) is 10.2 Å². The molecule has 0 bridgehead atoms. The van der Waals surface area contributed by atoms with Crippen LogP contribution in [-0.2, 0) is 6.18 Å². The number of hydrogen-bond acceptors (Lipinski definition) is 1. The monoisotopic (exact) mass is 365 g/mol. The van der Waals surface area contributed by atoms with Gasteiger partial charge in [0, 0.05) is 16.2 Å². The first-order valence-electron chi connectivity index (χ1n) is 7.48. The SMILES string of the molecule is CCCCCCCC(C)Nc1cc(C(F)(F)F)ccc1Br. The van der Waals surface area contributed by atoms with Crippen molar-refractivity contribution in [1.82, 2.24) is 0 Å². The smallest absolute Gasteiger partial charge is 0.382 e. The van der Waals surface area contributed by atoms with Crippen molar-refractivity contribution in [3.63, 3.8) is 0 Å². The van der Waals surface area contributed by atoms with E-state index >= 15 is 0 Å². The fourth-order valence-corrected chi connectivity index (χ4v) is 2.57. The highest BCUT2D eigenvalue weighted by atomic mass is 79.9. The molecule has 1 N–H and O–H groups in total. The zero-order chi connectivity index (χ0) is 15.9. The normalized spacial score (nSPS) is 13.2. The first-order chi connectivity index (χ1) is 9.84. The first-order valence-corrected chi connectivity index (χ1v) is 8.27. The van der Waals surface area contributed by atoms with Crippen molar-refractivity contribution in [3.8, 4) is 0 Å². The molecule has 120 valence electrons. The maximum atomic E-state index is 12.7. The molecule has 1 aromatic rings. The number of nitrogens with one attached hydrogen (secondary N) is 1. The predicted octanol–water partition coefficient (Wildman–Crippen LogP) is 6.63. The molecule has 5 heteroatoms. The zero-order valence-electron chi connectivity index (χ0n) is 12.6. The third-order valence-electron chi connectivity index (χ3n) is 3.44. The summed E-state index contributed by atoms with van der Waals surface area (Å²) in [6, 6.07) is 3.85. The van der Waals surface area contributed by atoms with Gasteiger partial charge >= 0.3 is 6.18 Å². The standard InChI is InChI=1S/C16H23BrF3N/c1-3-4-5-6-7-8-12(2)21-15-11-13(16(18,19)20)9-10-14(15)17/h9-12,21H,3-8H2,1-2H3. The van der Waals surface area contributed by atoms with E-state index in [4.69, 9.17) is 0 Å². The van der Waals surface area contributed by atoms with Gasteiger partial charge in [0.2, 0.25) is 0 Å². The third-order valence-corrected chi connectivity index (χ3v) is 4.13. The number of benzene rings is 1. The van der Waals surface area contributed by atoms with Crippen LogP contribution in [0.5, 0.6) is 0 Å². The lowest BCUT2D eigenvalue weighted by Gasteiger charge is -2.18. The molecule has 1 nitrogen and oxygen atoms in total. The molecular weight excluding hydrogens is 343 g/mol. The van der Waals surface area contributed by atoms with E-state index in [1.807, 2.05) is 6.92 Å². The first kappa shape index (κ1) is 18.3. The van der Waals surface area contributed by atoms with Crippen LogP contribution < -0.4 is 5.32 Å². The second-order valence-electron chi connectivity index (χ2n) is 5.44. The van der Waals surface area contributed by atoms with E-state index in [0.717, 1.165) is 25.0 Å². The highest BCUT2D eigenvalue weighted by molar-refractivity contribution is 9.10. The molecule has 0 saturated heterocycles. The molecular formula is C16H23BrF3N. The third kappa shape index (κ3) is 6.72. The average molecular weight is 366 g/mol. The van der Waals surface area contributed by atoms with Crippen LogP contribution in [0.4, 0.5) is 18.9 Å². The highest BCUT2D eigenvalue weighted by Crippen LogP contribution is 2.34. The molecule has 1 unspecified atom stereocenters. The van der Waals surface area contributed by atoms with Gasteiger partial charge in [-0.1, -0.05) is 39.0 Å². The van der Waals surface area contributed by atoms with Crippen LogP contribution in [0.1, 0.15) is 57.9 Å². The van der Waals surface area contributed by atoms with Crippen molar-refractivity contribution < 1.29 is 13.2 Å². The summed E-state index contributed by atoms with van der Waals surface area (Å²) in [6.07, 6.45) is 2.64. The van der Waals surface area contributed by atoms with Crippen molar-refractivity contribution >= 4 is 21.6 Å². The van der Waals surface area contributed by atoms with Gasteiger partial charge in [0.05, 0.1) is 5.56 Å². The summed E-state index contributed by atoms with van der Waals surface area (Å²) in [5, 5.41) is 3.17. The molecule has 1 rings (SSSR count). The number of unbranched alkanes of at least 4 members (excludes halogenated alkanes) is 4. The van der Waals surface area contributed by atoms with Crippen LogP contribution in [0.2, 0.25) is 0 Å². The molecule has 0 fully saturated rings. The van der Waals surface area contributed by atoms with Crippen LogP contribution in [-0.4, -0.2) is 6.04 Å². The molecule has 0 heterocycles. The van der Waals surface area contributed by atoms with E-state index in [9.17, 15) is 13.2 Å². The number of hydrogen-bond donors (Lipinski definition) is 1. The Morgan fingerprint density at radius 2 is 1.81 bits per heavy atom. The van der Waals surface area contributed by atoms with Crippen molar-refractivity contribution in [2.75, 3.05) is 5.32 Å². The summed E-state index contributed by atoms with van der Waals surface area (Å²) < 4.78 is 38.8. The summed E-state index contributed by atoms with van der Waals surface area (Å²) in [6.45, 7) is 4.18. The molecule has 0 saturated carbocycles. The molecule has 0 spiro atoms. The average Bonchev–Trinajstić information content (AvgIpc) is 2.40. The van der Waals surface area contributed by atoms with Crippen molar-refractivity contribution in [2.45, 2.75) is 64.6 Å². The Labute approximate surface area is 133 Å². The van der Waals surface area contributed by atoms with E-state index in [2.05, 4.69) is 28.2 Å². The molecule has 0 aromatic heterocycles. The van der Waals surface area contributed by atoms with Gasteiger partial charge in [0.25, 0.3) is 0 Å². The Bertz CT molecular complexity index is 432. The lowest BCUT2D eigenvalue weighted by Crippen LogP contribution is -2.16.